The van der Waals surface area contributed by atoms with E-state index in [1.807, 2.05) is 0 Å². The molecule has 0 N–H and O–H groups in total. The zero-order valence-corrected chi connectivity index (χ0v) is 4.44. The second-order valence-electron chi connectivity index (χ2n) is 0.862. The molecule has 7 heavy (non-hydrogen) atoms. The Labute approximate surface area is 47.5 Å². The first-order chi connectivity index (χ1) is 3.31. The van der Waals surface area contributed by atoms with Crippen LogP contribution in [0.5, 0.6) is 0 Å². The van der Waals surface area contributed by atoms with Gasteiger partial charge >= 0.3 is 0 Å². The van der Waals surface area contributed by atoms with Crippen molar-refractivity contribution in [1.82, 2.24) is 0 Å². The third kappa shape index (κ3) is 3.08. The van der Waals surface area contributed by atoms with Gasteiger partial charge in [0.25, 0.3) is 0 Å². The Balaban J connectivity index is 3.80. The molecule has 0 rings (SSSR count). The van der Waals surface area contributed by atoms with Crippen molar-refractivity contribution in [2.45, 2.75) is 0 Å². The first-order valence-corrected chi connectivity index (χ1v) is 2.07. The predicted molar refractivity (Wildman–Crippen MR) is 29.7 cm³/mol. The summed E-state index contributed by atoms with van der Waals surface area (Å²) in [6, 6.07) is 1.72. The summed E-state index contributed by atoms with van der Waals surface area (Å²) in [4.78, 5) is 0. The Kier molecular flexibility index (Phi) is 3.09. The molecule has 0 aliphatic carbocycles. The van der Waals surface area contributed by atoms with Gasteiger partial charge in [-0.25, -0.2) is 0 Å². The van der Waals surface area contributed by atoms with Crippen molar-refractivity contribution in [3.8, 4) is 6.07 Å². The average molecular weight is 114 g/mol. The fourth-order valence-corrected chi connectivity index (χ4v) is 0.230. The zero-order chi connectivity index (χ0) is 5.70. The molecule has 0 heterocycles. The molecule has 0 bridgehead atoms. The third-order valence-electron chi connectivity index (χ3n) is 0.371. The van der Waals surface area contributed by atoms with Gasteiger partial charge in [-0.2, -0.15) is 5.26 Å². The molecule has 0 fully saturated rings. The lowest BCUT2D eigenvalue weighted by atomic mass is 10.5. The summed E-state index contributed by atoms with van der Waals surface area (Å²) in [5.41, 5.74) is 0. The fraction of sp³-hybridized carbons (Fsp3) is 0. The van der Waals surface area contributed by atoms with Gasteiger partial charge in [-0.15, -0.1) is 0 Å². The van der Waals surface area contributed by atoms with Crippen LogP contribution in [0.25, 0.3) is 0 Å². The topological polar surface area (TPSA) is 23.8 Å². The summed E-state index contributed by atoms with van der Waals surface area (Å²) in [6.45, 7) is 3.34. The standard InChI is InChI=1S/C5H4ClN/c1-2-3-5(6)4-7/h2-3H,1H2/b5-3+. The molecule has 0 aliphatic heterocycles. The summed E-state index contributed by atoms with van der Waals surface area (Å²) < 4.78 is 0. The maximum atomic E-state index is 7.97. The van der Waals surface area contributed by atoms with Gasteiger partial charge in [-0.3, -0.25) is 0 Å². The number of allylic oxidation sites excluding steroid dienone is 3. The van der Waals surface area contributed by atoms with E-state index < -0.39 is 0 Å². The minimum Gasteiger partial charge on any atom is -0.191 e. The second kappa shape index (κ2) is 3.45. The van der Waals surface area contributed by atoms with E-state index >= 15 is 0 Å². The zero-order valence-electron chi connectivity index (χ0n) is 3.69. The van der Waals surface area contributed by atoms with Crippen LogP contribution in [0.3, 0.4) is 0 Å². The van der Waals surface area contributed by atoms with E-state index in [9.17, 15) is 0 Å². The first-order valence-electron chi connectivity index (χ1n) is 1.69. The molecular weight excluding hydrogens is 110 g/mol. The number of nitrogens with zero attached hydrogens (tertiary/aromatic N) is 1. The molecule has 0 unspecified atom stereocenters. The molecule has 0 aliphatic rings. The van der Waals surface area contributed by atoms with Crippen molar-refractivity contribution in [2.75, 3.05) is 0 Å². The lowest BCUT2D eigenvalue weighted by Crippen LogP contribution is -1.55. The van der Waals surface area contributed by atoms with Gasteiger partial charge < -0.3 is 0 Å². The highest BCUT2D eigenvalue weighted by Crippen LogP contribution is 1.95. The molecule has 0 aromatic carbocycles. The van der Waals surface area contributed by atoms with Gasteiger partial charge in [0.2, 0.25) is 0 Å². The van der Waals surface area contributed by atoms with Crippen LogP contribution in [0.2, 0.25) is 0 Å². The van der Waals surface area contributed by atoms with Crippen LogP contribution in [-0.2, 0) is 0 Å². The third-order valence-corrected chi connectivity index (χ3v) is 0.581. The molecule has 0 aromatic heterocycles. The Morgan fingerprint density at radius 2 is 2.43 bits per heavy atom. The molecule has 1 nitrogen and oxygen atoms in total. The Morgan fingerprint density at radius 3 is 2.57 bits per heavy atom. The average Bonchev–Trinajstić information content (AvgIpc) is 1.68. The van der Waals surface area contributed by atoms with Gasteiger partial charge in [0.1, 0.15) is 11.1 Å². The van der Waals surface area contributed by atoms with Crippen LogP contribution >= 0.6 is 11.6 Å². The molecule has 0 saturated heterocycles. The van der Waals surface area contributed by atoms with Crippen molar-refractivity contribution < 1.29 is 0 Å². The highest BCUT2D eigenvalue weighted by Gasteiger charge is 1.77. The summed E-state index contributed by atoms with van der Waals surface area (Å²) >= 11 is 5.19. The van der Waals surface area contributed by atoms with E-state index in [1.54, 1.807) is 6.07 Å². The van der Waals surface area contributed by atoms with Crippen LogP contribution in [-0.4, -0.2) is 0 Å². The van der Waals surface area contributed by atoms with E-state index in [0.29, 0.717) is 0 Å². The van der Waals surface area contributed by atoms with E-state index in [1.165, 1.54) is 12.2 Å². The van der Waals surface area contributed by atoms with Crippen LogP contribution in [0.4, 0.5) is 0 Å². The highest BCUT2D eigenvalue weighted by atomic mass is 35.5. The smallest absolute Gasteiger partial charge is 0.118 e. The largest absolute Gasteiger partial charge is 0.191 e. The minimum absolute atomic E-state index is 0.162. The number of hydrogen-bond acceptors (Lipinski definition) is 1. The molecule has 0 atom stereocenters. The number of hydrogen-bond donors (Lipinski definition) is 0. The molecule has 0 spiro atoms. The number of nitriles is 1. The van der Waals surface area contributed by atoms with E-state index in [2.05, 4.69) is 6.58 Å². The molecule has 2 heteroatoms. The summed E-state index contributed by atoms with van der Waals surface area (Å²) in [6.07, 6.45) is 2.90. The van der Waals surface area contributed by atoms with Crippen molar-refractivity contribution in [1.29, 1.82) is 5.26 Å². The second-order valence-corrected chi connectivity index (χ2v) is 1.27. The Bertz CT molecular complexity index is 130. The van der Waals surface area contributed by atoms with Gasteiger partial charge in [0, 0.05) is 0 Å². The van der Waals surface area contributed by atoms with Crippen molar-refractivity contribution in [3.63, 3.8) is 0 Å². The number of halogens is 1. The Hall–Kier alpha value is -0.740. The van der Waals surface area contributed by atoms with E-state index in [-0.39, 0.29) is 5.03 Å². The monoisotopic (exact) mass is 113 g/mol. The molecule has 0 radical (unpaired) electrons. The summed E-state index contributed by atoms with van der Waals surface area (Å²) in [7, 11) is 0. The maximum Gasteiger partial charge on any atom is 0.118 e. The Morgan fingerprint density at radius 1 is 1.86 bits per heavy atom. The first kappa shape index (κ1) is 6.26. The predicted octanol–water partition coefficient (Wildman–Crippen LogP) is 1.82. The van der Waals surface area contributed by atoms with Crippen molar-refractivity contribution >= 4 is 11.6 Å². The molecule has 0 amide bonds. The molecular formula is C5H4ClN. The molecule has 36 valence electrons. The van der Waals surface area contributed by atoms with Gasteiger partial charge in [-0.1, -0.05) is 24.3 Å². The minimum atomic E-state index is 0.162. The molecule has 0 saturated carbocycles. The van der Waals surface area contributed by atoms with Crippen LogP contribution in [0.15, 0.2) is 23.8 Å². The van der Waals surface area contributed by atoms with Crippen LogP contribution in [0, 0.1) is 11.3 Å². The van der Waals surface area contributed by atoms with E-state index in [0.717, 1.165) is 0 Å². The lowest BCUT2D eigenvalue weighted by Gasteiger charge is -1.69. The van der Waals surface area contributed by atoms with Crippen LogP contribution < -0.4 is 0 Å². The molecule has 0 aromatic rings. The van der Waals surface area contributed by atoms with Gasteiger partial charge in [0.15, 0.2) is 0 Å². The normalized spacial score (nSPS) is 10.0. The fourth-order valence-electron chi connectivity index (χ4n) is 0.141. The quantitative estimate of drug-likeness (QED) is 0.376. The maximum absolute atomic E-state index is 7.97. The SMILES string of the molecule is C=C/C=C(/Cl)C#N. The van der Waals surface area contributed by atoms with E-state index in [4.69, 9.17) is 16.9 Å². The van der Waals surface area contributed by atoms with Crippen molar-refractivity contribution in [2.24, 2.45) is 0 Å². The lowest BCUT2D eigenvalue weighted by molar-refractivity contribution is 1.52. The van der Waals surface area contributed by atoms with Crippen LogP contribution in [0.1, 0.15) is 0 Å². The van der Waals surface area contributed by atoms with Gasteiger partial charge in [0.05, 0.1) is 0 Å². The summed E-state index contributed by atoms with van der Waals surface area (Å²) in [5, 5.41) is 8.13. The number of rotatable bonds is 1. The highest BCUT2D eigenvalue weighted by molar-refractivity contribution is 6.31. The van der Waals surface area contributed by atoms with Crippen molar-refractivity contribution in [3.05, 3.63) is 23.8 Å². The van der Waals surface area contributed by atoms with Gasteiger partial charge in [-0.05, 0) is 6.08 Å². The summed E-state index contributed by atoms with van der Waals surface area (Å²) in [5.74, 6) is 0.